The lowest BCUT2D eigenvalue weighted by Crippen LogP contribution is -1.93. The number of aryl methyl sites for hydroxylation is 2. The van der Waals surface area contributed by atoms with E-state index in [2.05, 4.69) is 20.4 Å². The van der Waals surface area contributed by atoms with Crippen LogP contribution in [0.25, 0.3) is 26.9 Å². The Morgan fingerprint density at radius 3 is 2.65 bits per heavy atom. The maximum absolute atomic E-state index is 13.5. The highest BCUT2D eigenvalue weighted by Crippen LogP contribution is 2.31. The number of benzene rings is 1. The average molecular weight is 328 g/mol. The van der Waals surface area contributed by atoms with Crippen LogP contribution in [0.15, 0.2) is 24.3 Å². The lowest BCUT2D eigenvalue weighted by Gasteiger charge is -1.98. The van der Waals surface area contributed by atoms with Gasteiger partial charge >= 0.3 is 0 Å². The molecule has 116 valence electrons. The quantitative estimate of drug-likeness (QED) is 0.567. The Kier molecular flexibility index (Phi) is 3.02. The van der Waals surface area contributed by atoms with E-state index in [4.69, 9.17) is 0 Å². The Labute approximate surface area is 135 Å². The third-order valence-corrected chi connectivity index (χ3v) is 4.71. The highest BCUT2D eigenvalue weighted by Gasteiger charge is 2.19. The van der Waals surface area contributed by atoms with Gasteiger partial charge in [-0.3, -0.25) is 4.68 Å². The molecule has 0 aliphatic carbocycles. The molecule has 4 aromatic rings. The second-order valence-corrected chi connectivity index (χ2v) is 6.26. The van der Waals surface area contributed by atoms with Gasteiger partial charge < -0.3 is 0 Å². The van der Waals surface area contributed by atoms with Gasteiger partial charge in [-0.05, 0) is 26.0 Å². The van der Waals surface area contributed by atoms with E-state index in [-0.39, 0.29) is 5.82 Å². The van der Waals surface area contributed by atoms with E-state index in [0.29, 0.717) is 16.3 Å². The van der Waals surface area contributed by atoms with Crippen molar-refractivity contribution in [1.29, 1.82) is 0 Å². The van der Waals surface area contributed by atoms with Crippen LogP contribution in [-0.4, -0.2) is 29.6 Å². The van der Waals surface area contributed by atoms with E-state index in [1.165, 1.54) is 23.5 Å². The average Bonchev–Trinajstić information content (AvgIpc) is 3.13. The molecule has 0 bridgehead atoms. The molecule has 23 heavy (non-hydrogen) atoms. The summed E-state index contributed by atoms with van der Waals surface area (Å²) in [4.78, 5) is 0.668. The Balaban J connectivity index is 1.90. The van der Waals surface area contributed by atoms with Gasteiger partial charge in [-0.1, -0.05) is 23.5 Å². The molecule has 0 saturated carbocycles. The Bertz CT molecular complexity index is 1030. The van der Waals surface area contributed by atoms with Crippen LogP contribution in [0, 0.1) is 19.7 Å². The molecule has 0 N–H and O–H groups in total. The molecule has 0 radical (unpaired) electrons. The number of halogens is 1. The molecule has 3 aromatic heterocycles. The van der Waals surface area contributed by atoms with E-state index in [9.17, 15) is 4.39 Å². The smallest absolute Gasteiger partial charge is 0.235 e. The van der Waals surface area contributed by atoms with Gasteiger partial charge in [-0.2, -0.15) is 14.7 Å². The van der Waals surface area contributed by atoms with Crippen LogP contribution in [-0.2, 0) is 7.05 Å². The summed E-state index contributed by atoms with van der Waals surface area (Å²) in [5, 5.41) is 18.2. The number of nitrogens with zero attached hydrogens (tertiary/aromatic N) is 6. The molecule has 8 heteroatoms. The summed E-state index contributed by atoms with van der Waals surface area (Å²) in [6.45, 7) is 3.96. The van der Waals surface area contributed by atoms with Crippen molar-refractivity contribution in [3.63, 3.8) is 0 Å². The van der Waals surface area contributed by atoms with E-state index >= 15 is 0 Å². The second-order valence-electron chi connectivity index (χ2n) is 5.30. The topological polar surface area (TPSA) is 60.9 Å². The molecule has 0 atom stereocenters. The summed E-state index contributed by atoms with van der Waals surface area (Å²) >= 11 is 1.44. The van der Waals surface area contributed by atoms with Crippen LogP contribution in [0.2, 0.25) is 0 Å². The highest BCUT2D eigenvalue weighted by atomic mass is 32.1. The standard InChI is InChI=1S/C15H13FN6S/c1-8-12(9(2)21(3)19-8)14-20-22-13(17-18-15(22)23-14)10-5-4-6-11(16)7-10/h4-7H,1-3H3. The van der Waals surface area contributed by atoms with Crippen molar-refractivity contribution < 1.29 is 4.39 Å². The zero-order valence-corrected chi connectivity index (χ0v) is 13.6. The first-order valence-corrected chi connectivity index (χ1v) is 7.85. The Hall–Kier alpha value is -2.61. The van der Waals surface area contributed by atoms with Crippen molar-refractivity contribution in [2.45, 2.75) is 13.8 Å². The van der Waals surface area contributed by atoms with Crippen molar-refractivity contribution in [2.24, 2.45) is 7.05 Å². The predicted molar refractivity (Wildman–Crippen MR) is 85.7 cm³/mol. The van der Waals surface area contributed by atoms with Gasteiger partial charge in [-0.15, -0.1) is 10.2 Å². The Morgan fingerprint density at radius 1 is 1.13 bits per heavy atom. The fraction of sp³-hybridized carbons (Fsp3) is 0.200. The first-order chi connectivity index (χ1) is 11.0. The molecular weight excluding hydrogens is 315 g/mol. The summed E-state index contributed by atoms with van der Waals surface area (Å²) in [5.41, 5.74) is 3.62. The molecule has 0 amide bonds. The van der Waals surface area contributed by atoms with Gasteiger partial charge in [0.15, 0.2) is 10.8 Å². The number of hydrogen-bond donors (Lipinski definition) is 0. The minimum Gasteiger partial charge on any atom is -0.272 e. The van der Waals surface area contributed by atoms with Gasteiger partial charge in [-0.25, -0.2) is 4.39 Å². The third kappa shape index (κ3) is 2.14. The van der Waals surface area contributed by atoms with Gasteiger partial charge in [0.25, 0.3) is 0 Å². The van der Waals surface area contributed by atoms with Crippen LogP contribution >= 0.6 is 11.3 Å². The van der Waals surface area contributed by atoms with Gasteiger partial charge in [0.05, 0.1) is 11.3 Å². The monoisotopic (exact) mass is 328 g/mol. The van der Waals surface area contributed by atoms with Crippen molar-refractivity contribution in [3.8, 4) is 22.0 Å². The van der Waals surface area contributed by atoms with E-state index in [0.717, 1.165) is 22.0 Å². The van der Waals surface area contributed by atoms with Crippen molar-refractivity contribution >= 4 is 16.3 Å². The SMILES string of the molecule is Cc1nn(C)c(C)c1-c1nn2c(-c3cccc(F)c3)nnc2s1. The minimum atomic E-state index is -0.311. The molecule has 1 aromatic carbocycles. The predicted octanol–water partition coefficient (Wildman–Crippen LogP) is 3.01. The molecule has 0 aliphatic heterocycles. The molecule has 0 unspecified atom stereocenters. The molecule has 3 heterocycles. The fourth-order valence-electron chi connectivity index (χ4n) is 2.61. The van der Waals surface area contributed by atoms with Crippen LogP contribution in [0.4, 0.5) is 4.39 Å². The molecular formula is C15H13FN6S. The second kappa shape index (κ2) is 4.95. The van der Waals surface area contributed by atoms with Crippen LogP contribution in [0.5, 0.6) is 0 Å². The van der Waals surface area contributed by atoms with E-state index in [1.54, 1.807) is 16.6 Å². The van der Waals surface area contributed by atoms with Crippen LogP contribution in [0.1, 0.15) is 11.4 Å². The number of hydrogen-bond acceptors (Lipinski definition) is 5. The number of aromatic nitrogens is 6. The first kappa shape index (κ1) is 14.0. The van der Waals surface area contributed by atoms with Crippen molar-refractivity contribution in [1.82, 2.24) is 29.6 Å². The normalized spacial score (nSPS) is 11.5. The highest BCUT2D eigenvalue weighted by molar-refractivity contribution is 7.19. The van der Waals surface area contributed by atoms with Gasteiger partial charge in [0.2, 0.25) is 4.96 Å². The first-order valence-electron chi connectivity index (χ1n) is 7.03. The van der Waals surface area contributed by atoms with Gasteiger partial charge in [0.1, 0.15) is 5.82 Å². The summed E-state index contributed by atoms with van der Waals surface area (Å²) < 4.78 is 16.9. The van der Waals surface area contributed by atoms with Crippen LogP contribution < -0.4 is 0 Å². The largest absolute Gasteiger partial charge is 0.272 e. The number of fused-ring (bicyclic) bond motifs is 1. The Morgan fingerprint density at radius 2 is 1.96 bits per heavy atom. The minimum absolute atomic E-state index is 0.311. The molecule has 0 aliphatic rings. The lowest BCUT2D eigenvalue weighted by atomic mass is 10.2. The van der Waals surface area contributed by atoms with Crippen molar-refractivity contribution in [3.05, 3.63) is 41.5 Å². The lowest BCUT2D eigenvalue weighted by molar-refractivity contribution is 0.628. The van der Waals surface area contributed by atoms with Crippen molar-refractivity contribution in [2.75, 3.05) is 0 Å². The zero-order chi connectivity index (χ0) is 16.1. The number of rotatable bonds is 2. The summed E-state index contributed by atoms with van der Waals surface area (Å²) in [6.07, 6.45) is 0. The molecule has 4 rings (SSSR count). The molecule has 6 nitrogen and oxygen atoms in total. The molecule has 0 fully saturated rings. The third-order valence-electron chi connectivity index (χ3n) is 3.80. The fourth-order valence-corrected chi connectivity index (χ4v) is 3.60. The van der Waals surface area contributed by atoms with E-state index in [1.807, 2.05) is 25.6 Å². The summed E-state index contributed by atoms with van der Waals surface area (Å²) in [6, 6.07) is 6.26. The summed E-state index contributed by atoms with van der Waals surface area (Å²) in [5.74, 6) is 0.217. The van der Waals surface area contributed by atoms with E-state index < -0.39 is 0 Å². The maximum atomic E-state index is 13.5. The van der Waals surface area contributed by atoms with Gasteiger partial charge in [0, 0.05) is 18.3 Å². The zero-order valence-electron chi connectivity index (χ0n) is 12.8. The summed E-state index contributed by atoms with van der Waals surface area (Å²) in [7, 11) is 1.91. The van der Waals surface area contributed by atoms with Crippen LogP contribution in [0.3, 0.4) is 0 Å². The maximum Gasteiger partial charge on any atom is 0.235 e. The molecule has 0 saturated heterocycles. The molecule has 0 spiro atoms.